The average Bonchev–Trinajstić information content (AvgIpc) is 2.68. The van der Waals surface area contributed by atoms with Gasteiger partial charge >= 0.3 is 5.97 Å². The Morgan fingerprint density at radius 1 is 1.32 bits per heavy atom. The third kappa shape index (κ3) is 2.43. The molecule has 0 spiro atoms. The summed E-state index contributed by atoms with van der Waals surface area (Å²) in [6.45, 7) is 0. The van der Waals surface area contributed by atoms with Crippen LogP contribution in [0.4, 0.5) is 0 Å². The molecule has 2 fully saturated rings. The van der Waals surface area contributed by atoms with Crippen LogP contribution in [-0.2, 0) is 14.3 Å². The highest BCUT2D eigenvalue weighted by atomic mass is 35.5. The van der Waals surface area contributed by atoms with Crippen molar-refractivity contribution in [3.05, 3.63) is 33.8 Å². The van der Waals surface area contributed by atoms with Crippen molar-refractivity contribution < 1.29 is 14.3 Å². The molecule has 2 heterocycles. The van der Waals surface area contributed by atoms with Crippen LogP contribution in [0.3, 0.4) is 0 Å². The molecule has 2 saturated heterocycles. The van der Waals surface area contributed by atoms with Crippen molar-refractivity contribution in [2.75, 3.05) is 14.2 Å². The summed E-state index contributed by atoms with van der Waals surface area (Å²) in [4.78, 5) is 26.6. The highest BCUT2D eigenvalue weighted by Crippen LogP contribution is 2.46. The Balaban J connectivity index is 2.03. The third-order valence-corrected chi connectivity index (χ3v) is 5.67. The number of methoxy groups -OCH3 is 1. The lowest BCUT2D eigenvalue weighted by atomic mass is 9.76. The molecule has 2 bridgehead atoms. The summed E-state index contributed by atoms with van der Waals surface area (Å²) in [5.41, 5.74) is 0.933. The van der Waals surface area contributed by atoms with Gasteiger partial charge in [0.1, 0.15) is 0 Å². The van der Waals surface area contributed by atoms with Crippen LogP contribution in [0.25, 0.3) is 0 Å². The lowest BCUT2D eigenvalue weighted by molar-refractivity contribution is -0.152. The molecule has 0 N–H and O–H groups in total. The summed E-state index contributed by atoms with van der Waals surface area (Å²) in [6.07, 6.45) is 1.23. The Morgan fingerprint density at radius 2 is 2.05 bits per heavy atom. The van der Waals surface area contributed by atoms with E-state index in [1.165, 1.54) is 7.11 Å². The van der Waals surface area contributed by atoms with E-state index in [2.05, 4.69) is 0 Å². The normalized spacial score (nSPS) is 31.4. The minimum absolute atomic E-state index is 0.0835. The van der Waals surface area contributed by atoms with Crippen LogP contribution in [0.5, 0.6) is 0 Å². The second kappa shape index (κ2) is 5.84. The Hall–Kier alpha value is -1.10. The maximum Gasteiger partial charge on any atom is 0.311 e. The van der Waals surface area contributed by atoms with Crippen molar-refractivity contribution in [2.24, 2.45) is 5.92 Å². The van der Waals surface area contributed by atoms with Crippen LogP contribution in [0.1, 0.15) is 24.3 Å². The topological polar surface area (TPSA) is 46.6 Å². The number of hydrogen-bond donors (Lipinski definition) is 0. The molecule has 3 rings (SSSR count). The van der Waals surface area contributed by atoms with Gasteiger partial charge in [0.2, 0.25) is 0 Å². The van der Waals surface area contributed by atoms with Gasteiger partial charge < -0.3 is 4.74 Å². The van der Waals surface area contributed by atoms with Crippen molar-refractivity contribution in [3.8, 4) is 0 Å². The summed E-state index contributed by atoms with van der Waals surface area (Å²) >= 11 is 12.1. The maximum absolute atomic E-state index is 12.3. The molecule has 0 aromatic heterocycles. The van der Waals surface area contributed by atoms with Crippen LogP contribution >= 0.6 is 23.2 Å². The summed E-state index contributed by atoms with van der Waals surface area (Å²) in [5.74, 6) is -0.814. The van der Waals surface area contributed by atoms with Crippen LogP contribution in [-0.4, -0.2) is 42.9 Å². The van der Waals surface area contributed by atoms with Crippen LogP contribution < -0.4 is 0 Å². The molecule has 0 amide bonds. The average molecular weight is 342 g/mol. The number of fused-ring (bicyclic) bond motifs is 2. The van der Waals surface area contributed by atoms with Crippen molar-refractivity contribution in [1.82, 2.24) is 4.90 Å². The first kappa shape index (κ1) is 15.8. The van der Waals surface area contributed by atoms with Gasteiger partial charge in [-0.15, -0.1) is 0 Å². The lowest BCUT2D eigenvalue weighted by Gasteiger charge is -2.40. The SMILES string of the molecule is COC(=O)[C@H]1[C@@H](c2ccc(Cl)c(Cl)c2)C[C@H]2CC(=O)[C@H]1N2C. The summed E-state index contributed by atoms with van der Waals surface area (Å²) in [6, 6.07) is 5.16. The summed E-state index contributed by atoms with van der Waals surface area (Å²) in [7, 11) is 3.26. The summed E-state index contributed by atoms with van der Waals surface area (Å²) < 4.78 is 4.97. The maximum atomic E-state index is 12.3. The van der Waals surface area contributed by atoms with E-state index in [9.17, 15) is 9.59 Å². The number of benzene rings is 1. The smallest absolute Gasteiger partial charge is 0.311 e. The van der Waals surface area contributed by atoms with Crippen molar-refractivity contribution in [3.63, 3.8) is 0 Å². The molecule has 1 aromatic carbocycles. The number of halogens is 2. The second-order valence-corrected chi connectivity index (χ2v) is 6.81. The number of carbonyl (C=O) groups is 2. The van der Waals surface area contributed by atoms with E-state index in [0.717, 1.165) is 12.0 Å². The number of nitrogens with zero attached hydrogens (tertiary/aromatic N) is 1. The van der Waals surface area contributed by atoms with Crippen molar-refractivity contribution >= 4 is 35.0 Å². The van der Waals surface area contributed by atoms with E-state index in [-0.39, 0.29) is 23.7 Å². The first-order valence-electron chi connectivity index (χ1n) is 7.21. The van der Waals surface area contributed by atoms with Crippen LogP contribution in [0.2, 0.25) is 10.0 Å². The highest BCUT2D eigenvalue weighted by Gasteiger charge is 2.53. The molecule has 0 aliphatic carbocycles. The molecule has 4 atom stereocenters. The van der Waals surface area contributed by atoms with Gasteiger partial charge in [-0.3, -0.25) is 14.5 Å². The quantitative estimate of drug-likeness (QED) is 0.776. The molecule has 1 aromatic rings. The van der Waals surface area contributed by atoms with E-state index < -0.39 is 12.0 Å². The van der Waals surface area contributed by atoms with Crippen LogP contribution in [0, 0.1) is 5.92 Å². The van der Waals surface area contributed by atoms with Crippen LogP contribution in [0.15, 0.2) is 18.2 Å². The Labute approximate surface area is 139 Å². The third-order valence-electron chi connectivity index (χ3n) is 4.93. The largest absolute Gasteiger partial charge is 0.469 e. The zero-order valence-electron chi connectivity index (χ0n) is 12.4. The monoisotopic (exact) mass is 341 g/mol. The lowest BCUT2D eigenvalue weighted by Crippen LogP contribution is -2.50. The fourth-order valence-corrected chi connectivity index (χ4v) is 4.14. The first-order chi connectivity index (χ1) is 10.4. The number of ketones is 1. The van der Waals surface area contributed by atoms with Crippen molar-refractivity contribution in [2.45, 2.75) is 30.8 Å². The minimum atomic E-state index is -0.501. The number of ether oxygens (including phenoxy) is 1. The van der Waals surface area contributed by atoms with Gasteiger partial charge in [-0.25, -0.2) is 0 Å². The number of rotatable bonds is 2. The molecule has 2 aliphatic heterocycles. The predicted octanol–water partition coefficient (Wildman–Crippen LogP) is 2.91. The second-order valence-electron chi connectivity index (χ2n) is 6.00. The van der Waals surface area contributed by atoms with E-state index in [1.54, 1.807) is 12.1 Å². The number of piperidine rings is 1. The molecule has 22 heavy (non-hydrogen) atoms. The number of Topliss-reactive ketones (excluding diaryl/α,β-unsaturated/α-hetero) is 1. The molecule has 0 unspecified atom stereocenters. The minimum Gasteiger partial charge on any atom is -0.469 e. The molecule has 4 nitrogen and oxygen atoms in total. The van der Waals surface area contributed by atoms with Gasteiger partial charge in [0.15, 0.2) is 5.78 Å². The fraction of sp³-hybridized carbons (Fsp3) is 0.500. The van der Waals surface area contributed by atoms with Gasteiger partial charge in [0, 0.05) is 18.4 Å². The molecule has 0 radical (unpaired) electrons. The predicted molar refractivity (Wildman–Crippen MR) is 84.3 cm³/mol. The first-order valence-corrected chi connectivity index (χ1v) is 7.97. The standard InChI is InChI=1S/C16H17Cl2NO3/c1-19-9-6-10(8-3-4-11(17)12(18)5-8)14(16(21)22-2)15(19)13(20)7-9/h3-5,9-10,14-15H,6-7H2,1-2H3/t9-,10+,14-,15+/m0/s1. The van der Waals surface area contributed by atoms with Gasteiger partial charge in [-0.1, -0.05) is 29.3 Å². The Bertz CT molecular complexity index is 634. The molecule has 2 aliphatic rings. The van der Waals surface area contributed by atoms with Gasteiger partial charge in [0.25, 0.3) is 0 Å². The molecule has 6 heteroatoms. The molecular weight excluding hydrogens is 325 g/mol. The van der Waals surface area contributed by atoms with E-state index >= 15 is 0 Å². The van der Waals surface area contributed by atoms with Gasteiger partial charge in [-0.05, 0) is 31.2 Å². The zero-order chi connectivity index (χ0) is 16.0. The highest BCUT2D eigenvalue weighted by molar-refractivity contribution is 6.42. The van der Waals surface area contributed by atoms with E-state index in [0.29, 0.717) is 16.5 Å². The Morgan fingerprint density at radius 3 is 2.68 bits per heavy atom. The van der Waals surface area contributed by atoms with Crippen molar-refractivity contribution in [1.29, 1.82) is 0 Å². The number of carbonyl (C=O) groups excluding carboxylic acids is 2. The fourth-order valence-electron chi connectivity index (χ4n) is 3.83. The molecule has 118 valence electrons. The Kier molecular flexibility index (Phi) is 4.19. The summed E-state index contributed by atoms with van der Waals surface area (Å²) in [5, 5.41) is 0.937. The number of esters is 1. The van der Waals surface area contributed by atoms with Gasteiger partial charge in [-0.2, -0.15) is 0 Å². The number of hydrogen-bond acceptors (Lipinski definition) is 4. The van der Waals surface area contributed by atoms with Gasteiger partial charge in [0.05, 0.1) is 29.1 Å². The number of likely N-dealkylation sites (N-methyl/N-ethyl adjacent to an activating group) is 1. The van der Waals surface area contributed by atoms with E-state index in [1.807, 2.05) is 18.0 Å². The molecular formula is C16H17Cl2NO3. The zero-order valence-corrected chi connectivity index (χ0v) is 13.9. The molecule has 0 saturated carbocycles. The van der Waals surface area contributed by atoms with E-state index in [4.69, 9.17) is 27.9 Å².